The number of aromatic hydroxyl groups is 2. The van der Waals surface area contributed by atoms with E-state index in [2.05, 4.69) is 9.21 Å². The predicted molar refractivity (Wildman–Crippen MR) is 153 cm³/mol. The average molecular weight is 648 g/mol. The molecule has 0 saturated carbocycles. The lowest BCUT2D eigenvalue weighted by Gasteiger charge is -2.39. The van der Waals surface area contributed by atoms with Crippen molar-refractivity contribution in [3.8, 4) is 27.7 Å². The third kappa shape index (κ3) is 9.70. The molecule has 0 spiro atoms. The molecule has 0 bridgehead atoms. The van der Waals surface area contributed by atoms with Gasteiger partial charge in [0.1, 0.15) is 23.9 Å². The Morgan fingerprint density at radius 3 is 2.02 bits per heavy atom. The summed E-state index contributed by atoms with van der Waals surface area (Å²) in [4.78, 5) is 54.2. The number of nitrogens with zero attached hydrogens (tertiary/aromatic N) is 1. The van der Waals surface area contributed by atoms with Crippen LogP contribution in [0.2, 0.25) is 0 Å². The van der Waals surface area contributed by atoms with Crippen LogP contribution in [0.1, 0.15) is 35.2 Å². The number of phenolic OH excluding ortho intramolecular Hbond substituents is 2. The molecule has 0 radical (unpaired) electrons. The minimum Gasteiger partial charge on any atom is -0.790 e. The van der Waals surface area contributed by atoms with Crippen molar-refractivity contribution in [1.29, 1.82) is 0 Å². The largest absolute Gasteiger partial charge is 0.790 e. The number of hydrogen-bond acceptors (Lipinski definition) is 13. The zero-order valence-corrected chi connectivity index (χ0v) is 25.2. The van der Waals surface area contributed by atoms with Crippen molar-refractivity contribution in [1.82, 2.24) is 4.90 Å². The van der Waals surface area contributed by atoms with E-state index < -0.39 is 15.6 Å². The number of ketones is 1. The standard InChI is InChI=1S/C28H27NO4S.H4O7P2/c30-21-8-4-20(5-9-21)28-26(24-13-10-22(31)18-25(24)34-28)27(32)19-6-11-23(12-7-19)33-17-16-29-14-2-1-3-15-29;1-8(2,3)7-9(4,5)6/h4-13,18,30-31H,1-3,14-17H2;(H2,1,2,3)(H2,4,5,6)/p-4. The molecule has 5 rings (SSSR count). The van der Waals surface area contributed by atoms with Crippen LogP contribution in [-0.4, -0.2) is 47.1 Å². The van der Waals surface area contributed by atoms with Crippen LogP contribution in [-0.2, 0) is 13.4 Å². The van der Waals surface area contributed by atoms with Gasteiger partial charge < -0.3 is 48.0 Å². The summed E-state index contributed by atoms with van der Waals surface area (Å²) in [6, 6.07) is 19.2. The number of ether oxygens (including phenoxy) is 1. The zero-order valence-electron chi connectivity index (χ0n) is 22.6. The van der Waals surface area contributed by atoms with Crippen molar-refractivity contribution in [3.05, 3.63) is 77.9 Å². The molecule has 2 heterocycles. The van der Waals surface area contributed by atoms with Crippen molar-refractivity contribution >= 4 is 42.9 Å². The van der Waals surface area contributed by atoms with E-state index in [1.807, 2.05) is 24.3 Å². The number of thiophene rings is 1. The molecule has 230 valence electrons. The van der Waals surface area contributed by atoms with Gasteiger partial charge in [-0.3, -0.25) is 9.69 Å². The first kappa shape index (κ1) is 32.8. The fourth-order valence-corrected chi connectivity index (χ4v) is 6.79. The minimum absolute atomic E-state index is 0.0834. The Balaban J connectivity index is 0.000000410. The second-order valence-corrected chi connectivity index (χ2v) is 13.1. The first-order valence-electron chi connectivity index (χ1n) is 13.1. The Hall–Kier alpha value is -3.09. The highest BCUT2D eigenvalue weighted by molar-refractivity contribution is 7.57. The number of fused-ring (bicyclic) bond motifs is 1. The Labute approximate surface area is 251 Å². The summed E-state index contributed by atoms with van der Waals surface area (Å²) in [7, 11) is -11.4. The highest BCUT2D eigenvalue weighted by Crippen LogP contribution is 2.43. The minimum atomic E-state index is -5.68. The fraction of sp³-hybridized carbons (Fsp3) is 0.250. The molecule has 4 aromatic rings. The third-order valence-corrected chi connectivity index (χ3v) is 9.27. The van der Waals surface area contributed by atoms with Gasteiger partial charge >= 0.3 is 0 Å². The van der Waals surface area contributed by atoms with Gasteiger partial charge in [-0.25, -0.2) is 0 Å². The van der Waals surface area contributed by atoms with E-state index in [4.69, 9.17) is 4.74 Å². The van der Waals surface area contributed by atoms with Crippen LogP contribution in [0.25, 0.3) is 20.5 Å². The molecule has 1 aromatic heterocycles. The number of phenols is 2. The van der Waals surface area contributed by atoms with Crippen molar-refractivity contribution in [2.75, 3.05) is 26.2 Å². The van der Waals surface area contributed by atoms with Crippen LogP contribution in [0.4, 0.5) is 0 Å². The molecule has 0 unspecified atom stereocenters. The number of likely N-dealkylation sites (tertiary alicyclic amines) is 1. The van der Waals surface area contributed by atoms with E-state index in [0.29, 0.717) is 17.7 Å². The lowest BCUT2D eigenvalue weighted by Crippen LogP contribution is -2.33. The summed E-state index contributed by atoms with van der Waals surface area (Å²) in [6.07, 6.45) is 3.85. The molecule has 3 aromatic carbocycles. The Morgan fingerprint density at radius 2 is 1.44 bits per heavy atom. The molecule has 1 aliphatic rings. The molecule has 0 aliphatic carbocycles. The Morgan fingerprint density at radius 1 is 0.837 bits per heavy atom. The first-order valence-corrected chi connectivity index (χ1v) is 16.8. The molecule has 1 saturated heterocycles. The summed E-state index contributed by atoms with van der Waals surface area (Å²) in [5.74, 6) is 1.01. The lowest BCUT2D eigenvalue weighted by molar-refractivity contribution is -0.364. The van der Waals surface area contributed by atoms with E-state index in [1.54, 1.807) is 42.5 Å². The van der Waals surface area contributed by atoms with Gasteiger partial charge in [-0.1, -0.05) is 6.42 Å². The maximum absolute atomic E-state index is 13.6. The van der Waals surface area contributed by atoms with Crippen molar-refractivity contribution < 1.29 is 52.8 Å². The Bertz CT molecular complexity index is 1620. The number of carbonyl (C=O) groups is 1. The van der Waals surface area contributed by atoms with Gasteiger partial charge in [-0.2, -0.15) is 0 Å². The molecular weight excluding hydrogens is 620 g/mol. The number of rotatable bonds is 9. The predicted octanol–water partition coefficient (Wildman–Crippen LogP) is 2.74. The molecule has 15 heteroatoms. The fourth-order valence-electron chi connectivity index (χ4n) is 4.57. The summed E-state index contributed by atoms with van der Waals surface area (Å²) in [6.45, 7) is 3.85. The highest BCUT2D eigenvalue weighted by Gasteiger charge is 2.22. The van der Waals surface area contributed by atoms with Crippen LogP contribution in [0.5, 0.6) is 17.2 Å². The monoisotopic (exact) mass is 647 g/mol. The summed E-state index contributed by atoms with van der Waals surface area (Å²) < 4.78 is 27.9. The second kappa shape index (κ2) is 14.1. The van der Waals surface area contributed by atoms with Gasteiger partial charge in [-0.05, 0) is 98.2 Å². The molecule has 43 heavy (non-hydrogen) atoms. The van der Waals surface area contributed by atoms with E-state index in [0.717, 1.165) is 45.9 Å². The number of hydrogen-bond donors (Lipinski definition) is 2. The molecule has 2 N–H and O–H groups in total. The zero-order chi connectivity index (χ0) is 31.2. The maximum atomic E-state index is 13.6. The molecule has 1 fully saturated rings. The van der Waals surface area contributed by atoms with Gasteiger partial charge in [-0.15, -0.1) is 11.3 Å². The smallest absolute Gasteiger partial charge is 0.195 e. The molecule has 1 aliphatic heterocycles. The summed E-state index contributed by atoms with van der Waals surface area (Å²) in [5.41, 5.74) is 2.03. The lowest BCUT2D eigenvalue weighted by atomic mass is 9.97. The molecule has 0 amide bonds. The number of phosphoric acid groups is 2. The normalized spacial score (nSPS) is 14.2. The van der Waals surface area contributed by atoms with Gasteiger partial charge in [0.05, 0.1) is 15.6 Å². The second-order valence-electron chi connectivity index (χ2n) is 9.61. The van der Waals surface area contributed by atoms with Crippen LogP contribution >= 0.6 is 27.0 Å². The topological polar surface area (TPSA) is 206 Å². The highest BCUT2D eigenvalue weighted by atomic mass is 32.1. The van der Waals surface area contributed by atoms with Crippen LogP contribution in [0.3, 0.4) is 0 Å². The van der Waals surface area contributed by atoms with Crippen molar-refractivity contribution in [3.63, 3.8) is 0 Å². The molecule has 0 atom stereocenters. The first-order chi connectivity index (χ1) is 20.3. The Kier molecular flexibility index (Phi) is 10.8. The quantitative estimate of drug-likeness (QED) is 0.199. The van der Waals surface area contributed by atoms with Gasteiger partial charge in [0.2, 0.25) is 0 Å². The van der Waals surface area contributed by atoms with E-state index in [-0.39, 0.29) is 17.3 Å². The third-order valence-electron chi connectivity index (χ3n) is 6.47. The SMILES string of the molecule is O=C(c1ccc(OCCN2CCCCC2)cc1)c1c(-c2ccc(O)cc2)sc2cc(O)ccc12.O=P([O-])([O-])OP(=O)([O-])[O-]. The van der Waals surface area contributed by atoms with Gasteiger partial charge in [0.25, 0.3) is 0 Å². The maximum Gasteiger partial charge on any atom is 0.195 e. The summed E-state index contributed by atoms with van der Waals surface area (Å²) >= 11 is 1.46. The van der Waals surface area contributed by atoms with Crippen LogP contribution < -0.4 is 24.3 Å². The van der Waals surface area contributed by atoms with E-state index in [9.17, 15) is 43.7 Å². The number of benzene rings is 3. The van der Waals surface area contributed by atoms with Crippen LogP contribution in [0, 0.1) is 0 Å². The van der Waals surface area contributed by atoms with Gasteiger partial charge in [0.15, 0.2) is 5.78 Å². The van der Waals surface area contributed by atoms with Crippen molar-refractivity contribution in [2.45, 2.75) is 19.3 Å². The molecule has 12 nitrogen and oxygen atoms in total. The van der Waals surface area contributed by atoms with Crippen molar-refractivity contribution in [2.24, 2.45) is 0 Å². The average Bonchev–Trinajstić information content (AvgIpc) is 3.31. The van der Waals surface area contributed by atoms with E-state index in [1.165, 1.54) is 30.6 Å². The summed E-state index contributed by atoms with van der Waals surface area (Å²) in [5, 5.41) is 20.4. The number of carbonyl (C=O) groups excluding carboxylic acids is 1. The van der Waals surface area contributed by atoms with Crippen LogP contribution in [0.15, 0.2) is 66.7 Å². The molecular formula is C28H27NO11P2S-4. The number of piperidine rings is 1. The van der Waals surface area contributed by atoms with E-state index >= 15 is 0 Å². The van der Waals surface area contributed by atoms with Gasteiger partial charge in [0, 0.05) is 32.6 Å².